The van der Waals surface area contributed by atoms with E-state index in [2.05, 4.69) is 0 Å². The molecular weight excluding hydrogens is 327 g/mol. The zero-order valence-corrected chi connectivity index (χ0v) is 12.8. The quantitative estimate of drug-likeness (QED) is 0.383. The van der Waals surface area contributed by atoms with Crippen LogP contribution in [0, 0.1) is 29.1 Å². The third-order valence-corrected chi connectivity index (χ3v) is 4.09. The molecule has 126 valence electrons. The largest absolute Gasteiger partial charge is 0.354 e. The molecule has 2 nitrogen and oxygen atoms in total. The van der Waals surface area contributed by atoms with Crippen LogP contribution in [0.1, 0.15) is 22.9 Å². The molecule has 24 heavy (non-hydrogen) atoms. The Morgan fingerprint density at radius 1 is 0.667 bits per heavy atom. The fourth-order valence-corrected chi connectivity index (χ4v) is 2.87. The van der Waals surface area contributed by atoms with E-state index in [1.165, 1.54) is 0 Å². The summed E-state index contributed by atoms with van der Waals surface area (Å²) in [5, 5.41) is 0. The second-order valence-corrected chi connectivity index (χ2v) is 5.50. The fraction of sp³-hybridized carbons (Fsp3) is 0.176. The SMILES string of the molecule is Cn1cccc1C(c1c(F)c(F)c(F)c(F)c1F)c1cccn1C. The van der Waals surface area contributed by atoms with Crippen LogP contribution >= 0.6 is 0 Å². The number of nitrogens with zero attached hydrogens (tertiary/aromatic N) is 2. The maximum absolute atomic E-state index is 14.4. The first-order valence-electron chi connectivity index (χ1n) is 7.08. The molecule has 0 saturated carbocycles. The second kappa shape index (κ2) is 5.81. The van der Waals surface area contributed by atoms with Crippen molar-refractivity contribution in [1.82, 2.24) is 9.13 Å². The number of hydrogen-bond acceptors (Lipinski definition) is 0. The molecule has 7 heteroatoms. The summed E-state index contributed by atoms with van der Waals surface area (Å²) in [6, 6.07) is 6.43. The molecule has 0 radical (unpaired) electrons. The maximum Gasteiger partial charge on any atom is 0.200 e. The van der Waals surface area contributed by atoms with Crippen molar-refractivity contribution < 1.29 is 22.0 Å². The van der Waals surface area contributed by atoms with Crippen molar-refractivity contribution >= 4 is 0 Å². The lowest BCUT2D eigenvalue weighted by molar-refractivity contribution is 0.368. The van der Waals surface area contributed by atoms with Crippen LogP contribution in [0.3, 0.4) is 0 Å². The summed E-state index contributed by atoms with van der Waals surface area (Å²) in [7, 11) is 3.27. The van der Waals surface area contributed by atoms with Crippen LogP contribution < -0.4 is 0 Å². The van der Waals surface area contributed by atoms with Crippen molar-refractivity contribution in [3.63, 3.8) is 0 Å². The Labute approximate surface area is 134 Å². The molecule has 1 aromatic carbocycles. The molecular formula is C17H13F5N2. The lowest BCUT2D eigenvalue weighted by Gasteiger charge is -2.21. The molecule has 3 rings (SSSR count). The lowest BCUT2D eigenvalue weighted by atomic mass is 9.90. The molecule has 0 aliphatic rings. The van der Waals surface area contributed by atoms with Crippen molar-refractivity contribution in [2.75, 3.05) is 0 Å². The van der Waals surface area contributed by atoms with Gasteiger partial charge < -0.3 is 9.13 Å². The normalized spacial score (nSPS) is 11.5. The van der Waals surface area contributed by atoms with Crippen LogP contribution in [-0.4, -0.2) is 9.13 Å². The summed E-state index contributed by atoms with van der Waals surface area (Å²) < 4.78 is 72.6. The number of halogens is 5. The van der Waals surface area contributed by atoms with Gasteiger partial charge in [0.05, 0.1) is 5.92 Å². The predicted molar refractivity (Wildman–Crippen MR) is 78.0 cm³/mol. The van der Waals surface area contributed by atoms with E-state index in [1.807, 2.05) is 0 Å². The van der Waals surface area contributed by atoms with Crippen LogP contribution in [0.25, 0.3) is 0 Å². The minimum Gasteiger partial charge on any atom is -0.354 e. The molecule has 0 aliphatic carbocycles. The van der Waals surface area contributed by atoms with E-state index in [9.17, 15) is 22.0 Å². The zero-order chi connectivity index (χ0) is 17.6. The first-order valence-corrected chi connectivity index (χ1v) is 7.08. The predicted octanol–water partition coefficient (Wildman–Crippen LogP) is 4.24. The standard InChI is InChI=1S/C17H13F5N2/c1-23-7-3-5-9(23)11(10-6-4-8-24(10)2)12-13(18)15(20)17(22)16(21)14(12)19/h3-8,11H,1-2H3. The molecule has 0 bridgehead atoms. The van der Waals surface area contributed by atoms with E-state index >= 15 is 0 Å². The number of benzene rings is 1. The van der Waals surface area contributed by atoms with Gasteiger partial charge in [-0.25, -0.2) is 22.0 Å². The summed E-state index contributed by atoms with van der Waals surface area (Å²) in [6.45, 7) is 0. The molecule has 0 fully saturated rings. The Morgan fingerprint density at radius 3 is 1.38 bits per heavy atom. The van der Waals surface area contributed by atoms with E-state index in [0.29, 0.717) is 11.4 Å². The lowest BCUT2D eigenvalue weighted by Crippen LogP contribution is -2.17. The van der Waals surface area contributed by atoms with Gasteiger partial charge in [-0.3, -0.25) is 0 Å². The summed E-state index contributed by atoms with van der Waals surface area (Å²) in [4.78, 5) is 0. The molecule has 0 N–H and O–H groups in total. The highest BCUT2D eigenvalue weighted by Gasteiger charge is 2.34. The van der Waals surface area contributed by atoms with Crippen LogP contribution in [0.5, 0.6) is 0 Å². The average Bonchev–Trinajstić information content (AvgIpc) is 3.16. The molecule has 0 spiro atoms. The first kappa shape index (κ1) is 16.3. The van der Waals surface area contributed by atoms with Crippen molar-refractivity contribution in [1.29, 1.82) is 0 Å². The van der Waals surface area contributed by atoms with Gasteiger partial charge in [-0.1, -0.05) is 0 Å². The Balaban J connectivity index is 2.37. The minimum absolute atomic E-state index is 0.403. The van der Waals surface area contributed by atoms with Crippen LogP contribution in [0.15, 0.2) is 36.7 Å². The molecule has 2 heterocycles. The van der Waals surface area contributed by atoms with Gasteiger partial charge in [0, 0.05) is 43.4 Å². The summed E-state index contributed by atoms with van der Waals surface area (Å²) >= 11 is 0. The molecule has 0 saturated heterocycles. The van der Waals surface area contributed by atoms with Gasteiger partial charge >= 0.3 is 0 Å². The topological polar surface area (TPSA) is 9.86 Å². The Bertz CT molecular complexity index is 841. The number of aryl methyl sites for hydroxylation is 2. The van der Waals surface area contributed by atoms with Gasteiger partial charge in [-0.05, 0) is 24.3 Å². The van der Waals surface area contributed by atoms with Gasteiger partial charge in [0.25, 0.3) is 0 Å². The van der Waals surface area contributed by atoms with Crippen LogP contribution in [0.2, 0.25) is 0 Å². The monoisotopic (exact) mass is 340 g/mol. The highest BCUT2D eigenvalue weighted by molar-refractivity contribution is 5.41. The van der Waals surface area contributed by atoms with E-state index < -0.39 is 40.6 Å². The van der Waals surface area contributed by atoms with Crippen molar-refractivity contribution in [2.45, 2.75) is 5.92 Å². The Hall–Kier alpha value is -2.57. The summed E-state index contributed by atoms with van der Waals surface area (Å²) in [5.74, 6) is -10.8. The van der Waals surface area contributed by atoms with E-state index in [0.717, 1.165) is 0 Å². The molecule has 0 atom stereocenters. The smallest absolute Gasteiger partial charge is 0.200 e. The summed E-state index contributed by atoms with van der Waals surface area (Å²) in [6.07, 6.45) is 3.27. The Kier molecular flexibility index (Phi) is 3.95. The minimum atomic E-state index is -2.16. The van der Waals surface area contributed by atoms with Gasteiger partial charge in [0.1, 0.15) is 0 Å². The van der Waals surface area contributed by atoms with E-state index in [1.54, 1.807) is 59.9 Å². The molecule has 3 aromatic rings. The van der Waals surface area contributed by atoms with E-state index in [4.69, 9.17) is 0 Å². The third kappa shape index (κ3) is 2.31. The highest BCUT2D eigenvalue weighted by Crippen LogP contribution is 2.37. The van der Waals surface area contributed by atoms with Crippen LogP contribution in [0.4, 0.5) is 22.0 Å². The van der Waals surface area contributed by atoms with Crippen molar-refractivity contribution in [2.24, 2.45) is 14.1 Å². The van der Waals surface area contributed by atoms with Gasteiger partial charge in [0.15, 0.2) is 23.3 Å². The average molecular weight is 340 g/mol. The maximum atomic E-state index is 14.4. The van der Waals surface area contributed by atoms with Gasteiger partial charge in [-0.2, -0.15) is 0 Å². The summed E-state index contributed by atoms with van der Waals surface area (Å²) in [5.41, 5.74) is -0.0602. The molecule has 2 aromatic heterocycles. The number of rotatable bonds is 3. The van der Waals surface area contributed by atoms with Crippen molar-refractivity contribution in [3.05, 3.63) is 82.7 Å². The van der Waals surface area contributed by atoms with Gasteiger partial charge in [0.2, 0.25) is 5.82 Å². The number of aromatic nitrogens is 2. The number of hydrogen-bond donors (Lipinski definition) is 0. The zero-order valence-electron chi connectivity index (χ0n) is 12.8. The molecule has 0 amide bonds. The molecule has 0 aliphatic heterocycles. The van der Waals surface area contributed by atoms with Crippen LogP contribution in [-0.2, 0) is 14.1 Å². The Morgan fingerprint density at radius 2 is 1.04 bits per heavy atom. The van der Waals surface area contributed by atoms with Gasteiger partial charge in [-0.15, -0.1) is 0 Å². The second-order valence-electron chi connectivity index (χ2n) is 5.50. The molecule has 0 unspecified atom stereocenters. The first-order chi connectivity index (χ1) is 11.3. The third-order valence-electron chi connectivity index (χ3n) is 4.09. The van der Waals surface area contributed by atoms with Crippen molar-refractivity contribution in [3.8, 4) is 0 Å². The van der Waals surface area contributed by atoms with E-state index in [-0.39, 0.29) is 0 Å². The fourth-order valence-electron chi connectivity index (χ4n) is 2.87. The highest BCUT2D eigenvalue weighted by atomic mass is 19.2.